The molecule has 0 saturated carbocycles. The minimum Gasteiger partial charge on any atom is -0.383 e. The zero-order valence-electron chi connectivity index (χ0n) is 12.2. The molecule has 0 bridgehead atoms. The zero-order valence-corrected chi connectivity index (χ0v) is 13.8. The van der Waals surface area contributed by atoms with Crippen molar-refractivity contribution in [3.63, 3.8) is 0 Å². The number of nitrogens with zero attached hydrogens (tertiary/aromatic N) is 2. The van der Waals surface area contributed by atoms with E-state index in [1.165, 1.54) is 11.8 Å². The van der Waals surface area contributed by atoms with Gasteiger partial charge >= 0.3 is 0 Å². The van der Waals surface area contributed by atoms with Crippen LogP contribution in [0, 0.1) is 0 Å². The van der Waals surface area contributed by atoms with E-state index in [-0.39, 0.29) is 5.25 Å². The van der Waals surface area contributed by atoms with Crippen LogP contribution in [0.1, 0.15) is 16.4 Å². The smallest absolute Gasteiger partial charge is 0.192 e. The van der Waals surface area contributed by atoms with Gasteiger partial charge in [-0.2, -0.15) is 0 Å². The molecule has 0 spiro atoms. The maximum atomic E-state index is 6.00. The SMILES string of the molecule is Nc1cc(N)nc(S[C@H](c2ccccc2)c2ccc(Cl)cc2)n1. The number of thioether (sulfide) groups is 1. The molecule has 6 heteroatoms. The molecule has 116 valence electrons. The van der Waals surface area contributed by atoms with Crippen molar-refractivity contribution in [2.45, 2.75) is 10.4 Å². The Hall–Kier alpha value is -2.24. The van der Waals surface area contributed by atoms with Crippen LogP contribution in [0.15, 0.2) is 65.8 Å². The number of nitrogen functional groups attached to an aromatic ring is 2. The summed E-state index contributed by atoms with van der Waals surface area (Å²) >= 11 is 7.50. The first-order chi connectivity index (χ1) is 11.1. The van der Waals surface area contributed by atoms with Crippen molar-refractivity contribution in [3.05, 3.63) is 76.8 Å². The number of halogens is 1. The Morgan fingerprint density at radius 2 is 1.39 bits per heavy atom. The Labute approximate surface area is 143 Å². The van der Waals surface area contributed by atoms with Crippen LogP contribution in [0.4, 0.5) is 11.6 Å². The van der Waals surface area contributed by atoms with Gasteiger partial charge in [0.15, 0.2) is 5.16 Å². The molecule has 4 N–H and O–H groups in total. The third kappa shape index (κ3) is 3.94. The van der Waals surface area contributed by atoms with Crippen LogP contribution in [0.25, 0.3) is 0 Å². The van der Waals surface area contributed by atoms with Gasteiger partial charge in [0.2, 0.25) is 0 Å². The molecule has 4 nitrogen and oxygen atoms in total. The van der Waals surface area contributed by atoms with E-state index in [2.05, 4.69) is 22.1 Å². The predicted octanol–water partition coefficient (Wildman–Crippen LogP) is 4.18. The molecule has 0 amide bonds. The third-order valence-corrected chi connectivity index (χ3v) is 4.67. The maximum Gasteiger partial charge on any atom is 0.192 e. The lowest BCUT2D eigenvalue weighted by molar-refractivity contribution is 0.974. The van der Waals surface area contributed by atoms with Gasteiger partial charge in [0.05, 0.1) is 5.25 Å². The summed E-state index contributed by atoms with van der Waals surface area (Å²) in [6, 6.07) is 19.5. The minimum absolute atomic E-state index is 0.0228. The Balaban J connectivity index is 2.00. The van der Waals surface area contributed by atoms with Crippen molar-refractivity contribution in [2.75, 3.05) is 11.5 Å². The van der Waals surface area contributed by atoms with Crippen LogP contribution in [0.2, 0.25) is 5.02 Å². The molecule has 0 aliphatic rings. The van der Waals surface area contributed by atoms with Crippen molar-refractivity contribution >= 4 is 35.0 Å². The average Bonchev–Trinajstić information content (AvgIpc) is 2.53. The standard InChI is InChI=1S/C17H15ClN4S/c18-13-8-6-12(7-9-13)16(11-4-2-1-3-5-11)23-17-21-14(19)10-15(20)22-17/h1-10,16H,(H4,19,20,21,22)/t16-/m1/s1. The Morgan fingerprint density at radius 1 is 0.826 bits per heavy atom. The second kappa shape index (κ2) is 6.89. The van der Waals surface area contributed by atoms with E-state index in [9.17, 15) is 0 Å². The molecule has 0 saturated heterocycles. The number of anilines is 2. The fourth-order valence-electron chi connectivity index (χ4n) is 2.21. The third-order valence-electron chi connectivity index (χ3n) is 3.24. The lowest BCUT2D eigenvalue weighted by Gasteiger charge is -2.17. The van der Waals surface area contributed by atoms with Gasteiger partial charge in [0.25, 0.3) is 0 Å². The summed E-state index contributed by atoms with van der Waals surface area (Å²) in [7, 11) is 0. The Morgan fingerprint density at radius 3 is 2.00 bits per heavy atom. The summed E-state index contributed by atoms with van der Waals surface area (Å²) in [5.41, 5.74) is 13.8. The topological polar surface area (TPSA) is 77.8 Å². The van der Waals surface area contributed by atoms with Crippen molar-refractivity contribution in [1.82, 2.24) is 9.97 Å². The van der Waals surface area contributed by atoms with Crippen molar-refractivity contribution in [2.24, 2.45) is 0 Å². The molecule has 23 heavy (non-hydrogen) atoms. The average molecular weight is 343 g/mol. The number of aromatic nitrogens is 2. The molecule has 3 aromatic rings. The summed E-state index contributed by atoms with van der Waals surface area (Å²) in [5, 5.41) is 1.27. The number of hydrogen-bond acceptors (Lipinski definition) is 5. The molecule has 1 heterocycles. The lowest BCUT2D eigenvalue weighted by Crippen LogP contribution is -2.02. The van der Waals surface area contributed by atoms with Crippen LogP contribution in [-0.4, -0.2) is 9.97 Å². The van der Waals surface area contributed by atoms with E-state index < -0.39 is 0 Å². The summed E-state index contributed by atoms with van der Waals surface area (Å²) in [4.78, 5) is 8.53. The maximum absolute atomic E-state index is 6.00. The normalized spacial score (nSPS) is 12.0. The van der Waals surface area contributed by atoms with Crippen molar-refractivity contribution in [3.8, 4) is 0 Å². The molecule has 1 atom stereocenters. The molecule has 0 aliphatic heterocycles. The van der Waals surface area contributed by atoms with Crippen LogP contribution in [-0.2, 0) is 0 Å². The molecule has 0 fully saturated rings. The summed E-state index contributed by atoms with van der Waals surface area (Å²) in [6.45, 7) is 0. The highest BCUT2D eigenvalue weighted by molar-refractivity contribution is 7.99. The molecular formula is C17H15ClN4S. The monoisotopic (exact) mass is 342 g/mol. The number of rotatable bonds is 4. The van der Waals surface area contributed by atoms with Crippen LogP contribution >= 0.6 is 23.4 Å². The van der Waals surface area contributed by atoms with Gasteiger partial charge in [0, 0.05) is 11.1 Å². The Bertz CT molecular complexity index is 773. The van der Waals surface area contributed by atoms with E-state index in [0.29, 0.717) is 21.8 Å². The summed E-state index contributed by atoms with van der Waals surface area (Å²) < 4.78 is 0. The molecule has 2 aromatic carbocycles. The highest BCUT2D eigenvalue weighted by Gasteiger charge is 2.17. The predicted molar refractivity (Wildman–Crippen MR) is 96.5 cm³/mol. The first-order valence-electron chi connectivity index (χ1n) is 6.99. The van der Waals surface area contributed by atoms with Gasteiger partial charge in [-0.05, 0) is 23.3 Å². The molecule has 3 rings (SSSR count). The molecule has 0 unspecified atom stereocenters. The lowest BCUT2D eigenvalue weighted by atomic mass is 10.0. The van der Waals surface area contributed by atoms with E-state index in [4.69, 9.17) is 23.1 Å². The molecule has 0 aliphatic carbocycles. The van der Waals surface area contributed by atoms with Crippen LogP contribution in [0.3, 0.4) is 0 Å². The van der Waals surface area contributed by atoms with E-state index in [1.807, 2.05) is 42.5 Å². The van der Waals surface area contributed by atoms with Gasteiger partial charge in [-0.1, -0.05) is 65.8 Å². The van der Waals surface area contributed by atoms with Gasteiger partial charge in [0.1, 0.15) is 11.6 Å². The Kier molecular flexibility index (Phi) is 4.69. The fourth-order valence-corrected chi connectivity index (χ4v) is 3.45. The van der Waals surface area contributed by atoms with E-state index in [0.717, 1.165) is 11.1 Å². The number of nitrogens with two attached hydrogens (primary N) is 2. The van der Waals surface area contributed by atoms with Gasteiger partial charge < -0.3 is 11.5 Å². The van der Waals surface area contributed by atoms with Crippen LogP contribution < -0.4 is 11.5 Å². The molecular weight excluding hydrogens is 328 g/mol. The highest BCUT2D eigenvalue weighted by atomic mass is 35.5. The molecule has 1 aromatic heterocycles. The second-order valence-electron chi connectivity index (χ2n) is 4.96. The quantitative estimate of drug-likeness (QED) is 0.549. The van der Waals surface area contributed by atoms with Crippen molar-refractivity contribution < 1.29 is 0 Å². The van der Waals surface area contributed by atoms with Gasteiger partial charge in [-0.3, -0.25) is 0 Å². The van der Waals surface area contributed by atoms with E-state index in [1.54, 1.807) is 6.07 Å². The second-order valence-corrected chi connectivity index (χ2v) is 6.47. The van der Waals surface area contributed by atoms with E-state index >= 15 is 0 Å². The largest absolute Gasteiger partial charge is 0.383 e. The summed E-state index contributed by atoms with van der Waals surface area (Å²) in [6.07, 6.45) is 0. The highest BCUT2D eigenvalue weighted by Crippen LogP contribution is 2.39. The zero-order chi connectivity index (χ0) is 16.2. The van der Waals surface area contributed by atoms with Crippen LogP contribution in [0.5, 0.6) is 0 Å². The minimum atomic E-state index is 0.0228. The van der Waals surface area contributed by atoms with Gasteiger partial charge in [-0.25, -0.2) is 9.97 Å². The first kappa shape index (κ1) is 15.6. The number of benzene rings is 2. The first-order valence-corrected chi connectivity index (χ1v) is 8.24. The molecule has 0 radical (unpaired) electrons. The summed E-state index contributed by atoms with van der Waals surface area (Å²) in [5.74, 6) is 0.728. The fraction of sp³-hybridized carbons (Fsp3) is 0.0588. The van der Waals surface area contributed by atoms with Crippen molar-refractivity contribution in [1.29, 1.82) is 0 Å². The van der Waals surface area contributed by atoms with Gasteiger partial charge in [-0.15, -0.1) is 0 Å². The number of hydrogen-bond donors (Lipinski definition) is 2.